The Bertz CT molecular complexity index is 704. The predicted octanol–water partition coefficient (Wildman–Crippen LogP) is 2.95. The summed E-state index contributed by atoms with van der Waals surface area (Å²) in [6, 6.07) is 9.83. The summed E-state index contributed by atoms with van der Waals surface area (Å²) in [6.07, 6.45) is 5.17. The predicted molar refractivity (Wildman–Crippen MR) is 102 cm³/mol. The molecule has 1 N–H and O–H groups in total. The number of benzene rings is 1. The fourth-order valence-corrected chi connectivity index (χ4v) is 3.20. The van der Waals surface area contributed by atoms with Gasteiger partial charge in [0.1, 0.15) is 0 Å². The van der Waals surface area contributed by atoms with Gasteiger partial charge >= 0.3 is 5.97 Å². The lowest BCUT2D eigenvalue weighted by Crippen LogP contribution is -2.36. The maximum Gasteiger partial charge on any atom is 0.331 e. The number of nitrogens with one attached hydrogen (secondary N) is 1. The van der Waals surface area contributed by atoms with E-state index in [2.05, 4.69) is 15.4 Å². The molecule has 2 aliphatic rings. The van der Waals surface area contributed by atoms with Crippen molar-refractivity contribution in [3.05, 3.63) is 53.3 Å². The van der Waals surface area contributed by atoms with Crippen LogP contribution in [0.1, 0.15) is 19.8 Å². The molecule has 0 unspecified atom stereocenters. The van der Waals surface area contributed by atoms with Crippen LogP contribution in [0.3, 0.4) is 0 Å². The third-order valence-electron chi connectivity index (χ3n) is 4.37. The van der Waals surface area contributed by atoms with Gasteiger partial charge in [-0.3, -0.25) is 5.43 Å². The fraction of sp³-hybridized carbons (Fsp3) is 0.400. The molecule has 6 heteroatoms. The maximum absolute atomic E-state index is 11.9. The lowest BCUT2D eigenvalue weighted by Gasteiger charge is -2.31. The van der Waals surface area contributed by atoms with Crippen molar-refractivity contribution in [2.75, 3.05) is 38.3 Å². The Kier molecular flexibility index (Phi) is 6.44. The molecule has 6 nitrogen and oxygen atoms in total. The Morgan fingerprint density at radius 3 is 2.77 bits per heavy atom. The molecule has 26 heavy (non-hydrogen) atoms. The zero-order valence-corrected chi connectivity index (χ0v) is 15.1. The van der Waals surface area contributed by atoms with Crippen LogP contribution < -0.4 is 5.43 Å². The lowest BCUT2D eigenvalue weighted by molar-refractivity contribution is -0.137. The van der Waals surface area contributed by atoms with Gasteiger partial charge in [-0.15, -0.1) is 0 Å². The molecular formula is C20H25N3O3. The Morgan fingerprint density at radius 2 is 2.04 bits per heavy atom. The number of hydrazone groups is 1. The van der Waals surface area contributed by atoms with Crippen molar-refractivity contribution in [3.8, 4) is 0 Å². The van der Waals surface area contributed by atoms with Gasteiger partial charge in [-0.2, -0.15) is 5.10 Å². The Morgan fingerprint density at radius 1 is 1.27 bits per heavy atom. The van der Waals surface area contributed by atoms with E-state index in [0.29, 0.717) is 19.8 Å². The van der Waals surface area contributed by atoms with E-state index in [9.17, 15) is 4.79 Å². The first kappa shape index (κ1) is 18.2. The van der Waals surface area contributed by atoms with Crippen molar-refractivity contribution < 1.29 is 14.3 Å². The molecule has 1 aliphatic carbocycles. The quantitative estimate of drug-likeness (QED) is 0.368. The van der Waals surface area contributed by atoms with Crippen LogP contribution in [0.4, 0.5) is 5.69 Å². The van der Waals surface area contributed by atoms with Crippen molar-refractivity contribution in [1.29, 1.82) is 0 Å². The van der Waals surface area contributed by atoms with Crippen LogP contribution in [0.5, 0.6) is 0 Å². The first-order valence-electron chi connectivity index (χ1n) is 9.05. The van der Waals surface area contributed by atoms with Gasteiger partial charge in [-0.1, -0.05) is 18.2 Å². The molecule has 1 heterocycles. The monoisotopic (exact) mass is 355 g/mol. The third kappa shape index (κ3) is 4.73. The summed E-state index contributed by atoms with van der Waals surface area (Å²) in [5, 5.41) is 4.38. The van der Waals surface area contributed by atoms with Crippen LogP contribution in [-0.2, 0) is 14.3 Å². The summed E-state index contributed by atoms with van der Waals surface area (Å²) in [7, 11) is 0. The fourth-order valence-electron chi connectivity index (χ4n) is 3.20. The molecule has 1 fully saturated rings. The molecule has 0 saturated carbocycles. The molecule has 3 rings (SSSR count). The molecule has 1 aromatic carbocycles. The summed E-state index contributed by atoms with van der Waals surface area (Å²) >= 11 is 0. The van der Waals surface area contributed by atoms with E-state index in [1.165, 1.54) is 0 Å². The van der Waals surface area contributed by atoms with E-state index < -0.39 is 0 Å². The van der Waals surface area contributed by atoms with Gasteiger partial charge in [0.05, 0.1) is 31.7 Å². The summed E-state index contributed by atoms with van der Waals surface area (Å²) in [4.78, 5) is 14.2. The minimum Gasteiger partial charge on any atom is -0.463 e. The number of ether oxygens (including phenoxy) is 2. The van der Waals surface area contributed by atoms with Gasteiger partial charge in [-0.25, -0.2) is 4.79 Å². The average molecular weight is 355 g/mol. The van der Waals surface area contributed by atoms with E-state index in [1.807, 2.05) is 43.5 Å². The summed E-state index contributed by atoms with van der Waals surface area (Å²) in [5.41, 5.74) is 7.24. The summed E-state index contributed by atoms with van der Waals surface area (Å²) < 4.78 is 10.6. The summed E-state index contributed by atoms with van der Waals surface area (Å²) in [5.74, 6) is -0.283. The van der Waals surface area contributed by atoms with Crippen LogP contribution in [0.2, 0.25) is 0 Å². The molecular weight excluding hydrogens is 330 g/mol. The van der Waals surface area contributed by atoms with Gasteiger partial charge in [0.2, 0.25) is 0 Å². The standard InChI is InChI=1S/C20H25N3O3/c1-2-26-19(24)14-16-8-9-17(20(16)23-10-12-25-13-11-23)15-21-22-18-6-4-3-5-7-18/h3-7,14-15,22H,2,8-13H2,1H3/b16-14+,21-15+. The van der Waals surface area contributed by atoms with Crippen LogP contribution in [0, 0.1) is 0 Å². The minimum absolute atomic E-state index is 0.283. The van der Waals surface area contributed by atoms with Crippen LogP contribution >= 0.6 is 0 Å². The number of morpholine rings is 1. The van der Waals surface area contributed by atoms with Gasteiger partial charge in [0.25, 0.3) is 0 Å². The lowest BCUT2D eigenvalue weighted by atomic mass is 10.1. The molecule has 0 aromatic heterocycles. The first-order chi connectivity index (χ1) is 12.8. The van der Waals surface area contributed by atoms with Gasteiger partial charge in [0.15, 0.2) is 0 Å². The molecule has 0 spiro atoms. The van der Waals surface area contributed by atoms with Crippen molar-refractivity contribution in [2.24, 2.45) is 5.10 Å². The Labute approximate surface area is 154 Å². The van der Waals surface area contributed by atoms with Crippen molar-refractivity contribution in [3.63, 3.8) is 0 Å². The molecule has 1 aromatic rings. The number of hydrogen-bond donors (Lipinski definition) is 1. The van der Waals surface area contributed by atoms with Crippen LogP contribution in [-0.4, -0.2) is 50.0 Å². The number of anilines is 1. The normalized spacial score (nSPS) is 19.4. The SMILES string of the molecule is CCOC(=O)/C=C1\CCC(/C=N/Nc2ccccc2)=C1N1CCOCC1. The number of para-hydroxylation sites is 1. The largest absolute Gasteiger partial charge is 0.463 e. The van der Waals surface area contributed by atoms with E-state index in [4.69, 9.17) is 9.47 Å². The molecule has 0 radical (unpaired) electrons. The summed E-state index contributed by atoms with van der Waals surface area (Å²) in [6.45, 7) is 5.23. The number of esters is 1. The maximum atomic E-state index is 11.9. The van der Waals surface area contributed by atoms with Crippen molar-refractivity contribution in [2.45, 2.75) is 19.8 Å². The zero-order valence-electron chi connectivity index (χ0n) is 15.1. The molecule has 1 saturated heterocycles. The van der Waals surface area contributed by atoms with Crippen molar-refractivity contribution in [1.82, 2.24) is 4.90 Å². The number of carbonyl (C=O) groups excluding carboxylic acids is 1. The average Bonchev–Trinajstić information content (AvgIpc) is 3.06. The zero-order chi connectivity index (χ0) is 18.2. The number of carbonyl (C=O) groups is 1. The highest BCUT2D eigenvalue weighted by Gasteiger charge is 2.26. The molecule has 0 amide bonds. The van der Waals surface area contributed by atoms with Crippen LogP contribution in [0.15, 0.2) is 58.4 Å². The number of allylic oxidation sites excluding steroid dienone is 2. The molecule has 0 bridgehead atoms. The molecule has 138 valence electrons. The second-order valence-electron chi connectivity index (χ2n) is 6.13. The molecule has 1 aliphatic heterocycles. The third-order valence-corrected chi connectivity index (χ3v) is 4.37. The van der Waals surface area contributed by atoms with Crippen LogP contribution in [0.25, 0.3) is 0 Å². The Balaban J connectivity index is 1.80. The topological polar surface area (TPSA) is 63.2 Å². The van der Waals surface area contributed by atoms with Gasteiger partial charge in [0, 0.05) is 24.9 Å². The smallest absolute Gasteiger partial charge is 0.331 e. The second-order valence-corrected chi connectivity index (χ2v) is 6.13. The number of nitrogens with zero attached hydrogens (tertiary/aromatic N) is 2. The van der Waals surface area contributed by atoms with E-state index in [-0.39, 0.29) is 5.97 Å². The number of rotatable bonds is 6. The van der Waals surface area contributed by atoms with E-state index in [1.54, 1.807) is 6.08 Å². The van der Waals surface area contributed by atoms with Crippen molar-refractivity contribution >= 4 is 17.9 Å². The highest BCUT2D eigenvalue weighted by Crippen LogP contribution is 2.33. The number of hydrogen-bond acceptors (Lipinski definition) is 6. The Hall–Kier alpha value is -2.60. The highest BCUT2D eigenvalue weighted by molar-refractivity contribution is 5.87. The van der Waals surface area contributed by atoms with Gasteiger partial charge < -0.3 is 14.4 Å². The van der Waals surface area contributed by atoms with E-state index in [0.717, 1.165) is 48.5 Å². The van der Waals surface area contributed by atoms with Gasteiger partial charge in [-0.05, 0) is 43.0 Å². The van der Waals surface area contributed by atoms with E-state index >= 15 is 0 Å². The minimum atomic E-state index is -0.283. The highest BCUT2D eigenvalue weighted by atomic mass is 16.5. The first-order valence-corrected chi connectivity index (χ1v) is 9.05. The second kappa shape index (κ2) is 9.20. The molecule has 0 atom stereocenters.